The summed E-state index contributed by atoms with van der Waals surface area (Å²) in [7, 11) is 0. The molecule has 0 aliphatic carbocycles. The van der Waals surface area contributed by atoms with Crippen molar-refractivity contribution in [2.24, 2.45) is 0 Å². The van der Waals surface area contributed by atoms with E-state index in [1.807, 2.05) is 6.92 Å². The summed E-state index contributed by atoms with van der Waals surface area (Å²) in [5, 5.41) is 12.6. The van der Waals surface area contributed by atoms with Gasteiger partial charge < -0.3 is 15.2 Å². The molecular weight excluding hydrogens is 280 g/mol. The Labute approximate surface area is 123 Å². The molecule has 1 unspecified atom stereocenters. The van der Waals surface area contributed by atoms with Crippen LogP contribution in [0.4, 0.5) is 0 Å². The fraction of sp³-hybridized carbons (Fsp3) is 0.500. The molecule has 6 heteroatoms. The van der Waals surface area contributed by atoms with Crippen LogP contribution in [-0.2, 0) is 4.74 Å². The predicted octanol–water partition coefficient (Wildman–Crippen LogP) is 1.50. The number of phenols is 1. The number of aromatic hydroxyl groups is 1. The molecule has 5 nitrogen and oxygen atoms in total. The normalized spacial score (nSPS) is 17.7. The van der Waals surface area contributed by atoms with Crippen molar-refractivity contribution in [3.8, 4) is 5.75 Å². The molecule has 1 amide bonds. The molecule has 2 N–H and O–H groups in total. The minimum atomic E-state index is -0.272. The molecule has 2 rings (SSSR count). The predicted molar refractivity (Wildman–Crippen MR) is 77.3 cm³/mol. The minimum Gasteiger partial charge on any atom is -0.508 e. The average Bonchev–Trinajstić information content (AvgIpc) is 2.42. The average molecular weight is 299 g/mol. The second kappa shape index (κ2) is 6.92. The monoisotopic (exact) mass is 298 g/mol. The number of amides is 1. The molecule has 0 spiro atoms. The van der Waals surface area contributed by atoms with Crippen molar-refractivity contribution in [1.82, 2.24) is 10.2 Å². The number of benzene rings is 1. The van der Waals surface area contributed by atoms with Crippen molar-refractivity contribution >= 4 is 17.5 Å². The number of hydrogen-bond donors (Lipinski definition) is 2. The van der Waals surface area contributed by atoms with Crippen LogP contribution in [0.25, 0.3) is 0 Å². The third-order valence-corrected chi connectivity index (χ3v) is 3.54. The molecule has 0 bridgehead atoms. The lowest BCUT2D eigenvalue weighted by atomic mass is 10.2. The van der Waals surface area contributed by atoms with E-state index < -0.39 is 0 Å². The van der Waals surface area contributed by atoms with Gasteiger partial charge in [0.15, 0.2) is 0 Å². The second-order valence-corrected chi connectivity index (χ2v) is 5.36. The lowest BCUT2D eigenvalue weighted by Crippen LogP contribution is -2.46. The van der Waals surface area contributed by atoms with Crippen molar-refractivity contribution in [2.75, 3.05) is 32.8 Å². The summed E-state index contributed by atoms with van der Waals surface area (Å²) < 4.78 is 5.29. The van der Waals surface area contributed by atoms with Gasteiger partial charge in [-0.15, -0.1) is 0 Å². The largest absolute Gasteiger partial charge is 0.508 e. The lowest BCUT2D eigenvalue weighted by Gasteiger charge is -2.29. The van der Waals surface area contributed by atoms with E-state index in [9.17, 15) is 9.90 Å². The Morgan fingerprint density at radius 2 is 2.20 bits per heavy atom. The number of nitrogens with zero attached hydrogens (tertiary/aromatic N) is 1. The van der Waals surface area contributed by atoms with Gasteiger partial charge >= 0.3 is 0 Å². The molecule has 1 aliphatic rings. The molecule has 0 aromatic heterocycles. The highest BCUT2D eigenvalue weighted by Gasteiger charge is 2.17. The number of morpholine rings is 1. The van der Waals surface area contributed by atoms with E-state index in [2.05, 4.69) is 10.2 Å². The highest BCUT2D eigenvalue weighted by Crippen LogP contribution is 2.21. The molecule has 110 valence electrons. The third kappa shape index (κ3) is 4.10. The Kier molecular flexibility index (Phi) is 5.23. The van der Waals surface area contributed by atoms with Crippen LogP contribution in [0.2, 0.25) is 5.02 Å². The van der Waals surface area contributed by atoms with Crippen LogP contribution in [0, 0.1) is 0 Å². The van der Waals surface area contributed by atoms with Gasteiger partial charge in [0, 0.05) is 25.7 Å². The van der Waals surface area contributed by atoms with Crippen molar-refractivity contribution in [2.45, 2.75) is 13.0 Å². The Balaban J connectivity index is 1.91. The van der Waals surface area contributed by atoms with E-state index >= 15 is 0 Å². The zero-order valence-corrected chi connectivity index (χ0v) is 12.2. The van der Waals surface area contributed by atoms with E-state index in [-0.39, 0.29) is 17.7 Å². The van der Waals surface area contributed by atoms with Crippen molar-refractivity contribution in [3.05, 3.63) is 28.8 Å². The van der Waals surface area contributed by atoms with Crippen molar-refractivity contribution in [3.63, 3.8) is 0 Å². The van der Waals surface area contributed by atoms with Gasteiger partial charge in [-0.25, -0.2) is 0 Å². The first-order valence-corrected chi connectivity index (χ1v) is 7.03. The van der Waals surface area contributed by atoms with Crippen LogP contribution in [0.5, 0.6) is 5.75 Å². The number of carbonyl (C=O) groups is 1. The second-order valence-electron chi connectivity index (χ2n) is 4.95. The van der Waals surface area contributed by atoms with E-state index in [0.717, 1.165) is 32.8 Å². The molecule has 1 aromatic rings. The van der Waals surface area contributed by atoms with Crippen LogP contribution >= 0.6 is 11.6 Å². The zero-order chi connectivity index (χ0) is 14.5. The molecule has 0 radical (unpaired) electrons. The molecule has 1 saturated heterocycles. The Hall–Kier alpha value is -1.30. The maximum Gasteiger partial charge on any atom is 0.253 e. The van der Waals surface area contributed by atoms with Crippen molar-refractivity contribution in [1.29, 1.82) is 0 Å². The smallest absolute Gasteiger partial charge is 0.253 e. The third-order valence-electron chi connectivity index (χ3n) is 3.21. The zero-order valence-electron chi connectivity index (χ0n) is 11.4. The summed E-state index contributed by atoms with van der Waals surface area (Å²) in [6.07, 6.45) is 0. The summed E-state index contributed by atoms with van der Waals surface area (Å²) in [5.41, 5.74) is 0.292. The SMILES string of the molecule is CC(CN1CCOCC1)NC(=O)c1cc(O)ccc1Cl. The molecular formula is C14H19ClN2O3. The molecule has 0 saturated carbocycles. The number of ether oxygens (including phenoxy) is 1. The molecule has 1 aromatic carbocycles. The molecule has 1 heterocycles. The Bertz CT molecular complexity index is 475. The number of halogens is 1. The van der Waals surface area contributed by atoms with Crippen LogP contribution < -0.4 is 5.32 Å². The first kappa shape index (κ1) is 15.1. The first-order chi connectivity index (χ1) is 9.56. The lowest BCUT2D eigenvalue weighted by molar-refractivity contribution is 0.0342. The summed E-state index contributed by atoms with van der Waals surface area (Å²) in [4.78, 5) is 14.4. The molecule has 1 aliphatic heterocycles. The molecule has 1 fully saturated rings. The summed E-state index contributed by atoms with van der Waals surface area (Å²) in [5.74, 6) is -0.243. The maximum atomic E-state index is 12.1. The van der Waals surface area contributed by atoms with Crippen LogP contribution in [0.15, 0.2) is 18.2 Å². The number of hydrogen-bond acceptors (Lipinski definition) is 4. The van der Waals surface area contributed by atoms with Gasteiger partial charge in [0.2, 0.25) is 0 Å². The van der Waals surface area contributed by atoms with E-state index in [1.165, 1.54) is 18.2 Å². The van der Waals surface area contributed by atoms with E-state index in [4.69, 9.17) is 16.3 Å². The minimum absolute atomic E-state index is 0.000911. The standard InChI is InChI=1S/C14H19ClN2O3/c1-10(9-17-4-6-20-7-5-17)16-14(19)12-8-11(18)2-3-13(12)15/h2-3,8,10,18H,4-7,9H2,1H3,(H,16,19). The quantitative estimate of drug-likeness (QED) is 0.884. The Morgan fingerprint density at radius 3 is 2.90 bits per heavy atom. The number of phenolic OH excluding ortho intramolecular Hbond substituents is 1. The fourth-order valence-electron chi connectivity index (χ4n) is 2.21. The Morgan fingerprint density at radius 1 is 1.50 bits per heavy atom. The van der Waals surface area contributed by atoms with E-state index in [1.54, 1.807) is 0 Å². The van der Waals surface area contributed by atoms with Crippen LogP contribution in [-0.4, -0.2) is 54.8 Å². The number of carbonyl (C=O) groups excluding carboxylic acids is 1. The topological polar surface area (TPSA) is 61.8 Å². The van der Waals surface area contributed by atoms with Gasteiger partial charge in [-0.1, -0.05) is 11.6 Å². The summed E-state index contributed by atoms with van der Waals surface area (Å²) >= 11 is 5.97. The summed E-state index contributed by atoms with van der Waals surface area (Å²) in [6.45, 7) is 5.95. The number of nitrogens with one attached hydrogen (secondary N) is 1. The molecule has 20 heavy (non-hydrogen) atoms. The van der Waals surface area contributed by atoms with Crippen molar-refractivity contribution < 1.29 is 14.6 Å². The van der Waals surface area contributed by atoms with Gasteiger partial charge in [-0.05, 0) is 25.1 Å². The number of rotatable bonds is 4. The van der Waals surface area contributed by atoms with Crippen LogP contribution in [0.1, 0.15) is 17.3 Å². The van der Waals surface area contributed by atoms with Gasteiger partial charge in [-0.3, -0.25) is 9.69 Å². The first-order valence-electron chi connectivity index (χ1n) is 6.66. The van der Waals surface area contributed by atoms with Gasteiger partial charge in [0.25, 0.3) is 5.91 Å². The highest BCUT2D eigenvalue weighted by molar-refractivity contribution is 6.33. The van der Waals surface area contributed by atoms with Crippen LogP contribution in [0.3, 0.4) is 0 Å². The van der Waals surface area contributed by atoms with Gasteiger partial charge in [0.1, 0.15) is 5.75 Å². The highest BCUT2D eigenvalue weighted by atomic mass is 35.5. The van der Waals surface area contributed by atoms with E-state index in [0.29, 0.717) is 10.6 Å². The maximum absolute atomic E-state index is 12.1. The summed E-state index contributed by atoms with van der Waals surface area (Å²) in [6, 6.07) is 4.34. The van der Waals surface area contributed by atoms with Gasteiger partial charge in [0.05, 0.1) is 23.8 Å². The van der Waals surface area contributed by atoms with Gasteiger partial charge in [-0.2, -0.15) is 0 Å². The molecule has 1 atom stereocenters. The fourth-order valence-corrected chi connectivity index (χ4v) is 2.41.